The standard InChI is InChI=1S/C16H17ClN2O4/c1-8-11(17)5-4-6-12(8)19-15(21)10-7-13(20)18-9(2)14(10)16(22)23-3/h4-6,10H,7H2,1-3H3,(H,18,20)(H,19,21)/t10-/m1/s1. The number of nitrogens with one attached hydrogen (secondary N) is 2. The maximum atomic E-state index is 12.6. The van der Waals surface area contributed by atoms with Crippen molar-refractivity contribution in [1.29, 1.82) is 0 Å². The molecule has 2 amide bonds. The van der Waals surface area contributed by atoms with Crippen LogP contribution < -0.4 is 10.6 Å². The monoisotopic (exact) mass is 336 g/mol. The molecule has 0 saturated carbocycles. The zero-order valence-electron chi connectivity index (χ0n) is 13.0. The lowest BCUT2D eigenvalue weighted by Crippen LogP contribution is -2.40. The highest BCUT2D eigenvalue weighted by Crippen LogP contribution is 2.28. The van der Waals surface area contributed by atoms with E-state index in [4.69, 9.17) is 16.3 Å². The number of rotatable bonds is 3. The molecule has 0 fully saturated rings. The molecule has 1 atom stereocenters. The molecular weight excluding hydrogens is 320 g/mol. The first-order valence-electron chi connectivity index (χ1n) is 7.00. The number of methoxy groups -OCH3 is 1. The highest BCUT2D eigenvalue weighted by Gasteiger charge is 2.36. The first-order valence-corrected chi connectivity index (χ1v) is 7.37. The summed E-state index contributed by atoms with van der Waals surface area (Å²) in [5.41, 5.74) is 1.73. The SMILES string of the molecule is COC(=O)C1=C(C)NC(=O)C[C@H]1C(=O)Nc1cccc(Cl)c1C. The van der Waals surface area contributed by atoms with E-state index in [0.29, 0.717) is 22.0 Å². The van der Waals surface area contributed by atoms with Crippen LogP contribution in [0.1, 0.15) is 18.9 Å². The molecule has 0 spiro atoms. The Morgan fingerprint density at radius 1 is 1.35 bits per heavy atom. The molecule has 0 bridgehead atoms. The molecule has 2 N–H and O–H groups in total. The number of hydrogen-bond acceptors (Lipinski definition) is 4. The lowest BCUT2D eigenvalue weighted by atomic mass is 9.89. The summed E-state index contributed by atoms with van der Waals surface area (Å²) in [5, 5.41) is 5.80. The van der Waals surface area contributed by atoms with Gasteiger partial charge in [-0.3, -0.25) is 9.59 Å². The van der Waals surface area contributed by atoms with E-state index in [9.17, 15) is 14.4 Å². The summed E-state index contributed by atoms with van der Waals surface area (Å²) < 4.78 is 4.72. The Hall–Kier alpha value is -2.34. The number of hydrogen-bond donors (Lipinski definition) is 2. The van der Waals surface area contributed by atoms with E-state index in [1.165, 1.54) is 7.11 Å². The van der Waals surface area contributed by atoms with Crippen LogP contribution in [0.25, 0.3) is 0 Å². The second kappa shape index (κ2) is 6.83. The highest BCUT2D eigenvalue weighted by atomic mass is 35.5. The molecule has 1 aromatic carbocycles. The van der Waals surface area contributed by atoms with Gasteiger partial charge in [-0.15, -0.1) is 0 Å². The number of anilines is 1. The lowest BCUT2D eigenvalue weighted by molar-refractivity contribution is -0.139. The number of carbonyl (C=O) groups is 3. The third kappa shape index (κ3) is 3.53. The summed E-state index contributed by atoms with van der Waals surface area (Å²) in [7, 11) is 1.23. The molecule has 0 unspecified atom stereocenters. The number of carbonyl (C=O) groups excluding carboxylic acids is 3. The summed E-state index contributed by atoms with van der Waals surface area (Å²) in [6.07, 6.45) is -0.118. The zero-order valence-corrected chi connectivity index (χ0v) is 13.8. The number of benzene rings is 1. The van der Waals surface area contributed by atoms with Gasteiger partial charge in [0.1, 0.15) is 0 Å². The molecule has 1 aliphatic rings. The Morgan fingerprint density at radius 3 is 2.70 bits per heavy atom. The Labute approximate surface area is 138 Å². The van der Waals surface area contributed by atoms with E-state index in [-0.39, 0.29) is 17.9 Å². The number of halogens is 1. The van der Waals surface area contributed by atoms with Crippen LogP contribution in [0, 0.1) is 12.8 Å². The average Bonchev–Trinajstić information content (AvgIpc) is 2.50. The van der Waals surface area contributed by atoms with Gasteiger partial charge in [0.05, 0.1) is 18.6 Å². The number of allylic oxidation sites excluding steroid dienone is 1. The van der Waals surface area contributed by atoms with Crippen LogP contribution in [-0.4, -0.2) is 24.9 Å². The third-order valence-corrected chi connectivity index (χ3v) is 4.13. The van der Waals surface area contributed by atoms with Crippen LogP contribution in [0.15, 0.2) is 29.5 Å². The Balaban J connectivity index is 2.32. The van der Waals surface area contributed by atoms with Gasteiger partial charge in [0.25, 0.3) is 0 Å². The average molecular weight is 337 g/mol. The molecular formula is C16H17ClN2O4. The predicted octanol–water partition coefficient (Wildman–Crippen LogP) is 2.17. The molecule has 1 aromatic rings. The molecule has 0 aliphatic carbocycles. The van der Waals surface area contributed by atoms with Crippen molar-refractivity contribution in [3.63, 3.8) is 0 Å². The quantitative estimate of drug-likeness (QED) is 0.828. The van der Waals surface area contributed by atoms with Crippen LogP contribution in [0.3, 0.4) is 0 Å². The maximum absolute atomic E-state index is 12.6. The van der Waals surface area contributed by atoms with E-state index >= 15 is 0 Å². The minimum absolute atomic E-state index is 0.118. The first kappa shape index (κ1) is 17.0. The van der Waals surface area contributed by atoms with Gasteiger partial charge in [-0.25, -0.2) is 4.79 Å². The fourth-order valence-corrected chi connectivity index (χ4v) is 2.64. The van der Waals surface area contributed by atoms with Gasteiger partial charge in [0.2, 0.25) is 11.8 Å². The Bertz CT molecular complexity index is 712. The van der Waals surface area contributed by atoms with E-state index in [0.717, 1.165) is 0 Å². The number of amides is 2. The molecule has 2 rings (SSSR count). The molecule has 1 aliphatic heterocycles. The van der Waals surface area contributed by atoms with Crippen molar-refractivity contribution in [2.24, 2.45) is 5.92 Å². The highest BCUT2D eigenvalue weighted by molar-refractivity contribution is 6.31. The summed E-state index contributed by atoms with van der Waals surface area (Å²) in [4.78, 5) is 36.2. The normalized spacial score (nSPS) is 17.6. The summed E-state index contributed by atoms with van der Waals surface area (Å²) >= 11 is 6.03. The van der Waals surface area contributed by atoms with Crippen LogP contribution >= 0.6 is 11.6 Å². The molecule has 7 heteroatoms. The number of ether oxygens (including phenoxy) is 1. The van der Waals surface area contributed by atoms with Crippen molar-refractivity contribution in [3.8, 4) is 0 Å². The van der Waals surface area contributed by atoms with Gasteiger partial charge in [-0.2, -0.15) is 0 Å². The van der Waals surface area contributed by atoms with E-state index < -0.39 is 17.8 Å². The van der Waals surface area contributed by atoms with Crippen molar-refractivity contribution in [1.82, 2.24) is 5.32 Å². The van der Waals surface area contributed by atoms with E-state index in [1.807, 2.05) is 0 Å². The maximum Gasteiger partial charge on any atom is 0.336 e. The molecule has 0 aromatic heterocycles. The zero-order chi connectivity index (χ0) is 17.1. The van der Waals surface area contributed by atoms with Crippen molar-refractivity contribution in [2.45, 2.75) is 20.3 Å². The summed E-state index contributed by atoms with van der Waals surface area (Å²) in [5.74, 6) is -2.32. The van der Waals surface area contributed by atoms with Gasteiger partial charge in [-0.1, -0.05) is 17.7 Å². The third-order valence-electron chi connectivity index (χ3n) is 3.72. The molecule has 122 valence electrons. The Morgan fingerprint density at radius 2 is 2.04 bits per heavy atom. The molecule has 0 radical (unpaired) electrons. The Kier molecular flexibility index (Phi) is 5.05. The first-order chi connectivity index (χ1) is 10.8. The van der Waals surface area contributed by atoms with Crippen molar-refractivity contribution in [3.05, 3.63) is 40.1 Å². The smallest absolute Gasteiger partial charge is 0.336 e. The van der Waals surface area contributed by atoms with Crippen LogP contribution in [0.2, 0.25) is 5.02 Å². The number of esters is 1. The molecule has 6 nitrogen and oxygen atoms in total. The molecule has 0 saturated heterocycles. The van der Waals surface area contributed by atoms with E-state index in [2.05, 4.69) is 10.6 Å². The van der Waals surface area contributed by atoms with Gasteiger partial charge in [0, 0.05) is 22.8 Å². The molecule has 1 heterocycles. The summed E-state index contributed by atoms with van der Waals surface area (Å²) in [6.45, 7) is 3.34. The fourth-order valence-electron chi connectivity index (χ4n) is 2.47. The minimum Gasteiger partial charge on any atom is -0.466 e. The second-order valence-corrected chi connectivity index (χ2v) is 5.64. The predicted molar refractivity (Wildman–Crippen MR) is 85.8 cm³/mol. The second-order valence-electron chi connectivity index (χ2n) is 5.24. The minimum atomic E-state index is -0.908. The summed E-state index contributed by atoms with van der Waals surface area (Å²) in [6, 6.07) is 5.13. The topological polar surface area (TPSA) is 84.5 Å². The van der Waals surface area contributed by atoms with Crippen LogP contribution in [0.4, 0.5) is 5.69 Å². The van der Waals surface area contributed by atoms with Crippen LogP contribution in [-0.2, 0) is 19.1 Å². The van der Waals surface area contributed by atoms with Crippen molar-refractivity contribution in [2.75, 3.05) is 12.4 Å². The fraction of sp³-hybridized carbons (Fsp3) is 0.312. The van der Waals surface area contributed by atoms with Gasteiger partial charge in [0.15, 0.2) is 0 Å². The van der Waals surface area contributed by atoms with Gasteiger partial charge < -0.3 is 15.4 Å². The van der Waals surface area contributed by atoms with E-state index in [1.54, 1.807) is 32.0 Å². The molecule has 23 heavy (non-hydrogen) atoms. The van der Waals surface area contributed by atoms with Gasteiger partial charge in [-0.05, 0) is 31.5 Å². The van der Waals surface area contributed by atoms with Crippen molar-refractivity contribution < 1.29 is 19.1 Å². The lowest BCUT2D eigenvalue weighted by Gasteiger charge is -2.25. The van der Waals surface area contributed by atoms with Crippen LogP contribution in [0.5, 0.6) is 0 Å². The van der Waals surface area contributed by atoms with Gasteiger partial charge >= 0.3 is 5.97 Å². The van der Waals surface area contributed by atoms with Crippen molar-refractivity contribution >= 4 is 35.1 Å². The largest absolute Gasteiger partial charge is 0.466 e.